The predicted octanol–water partition coefficient (Wildman–Crippen LogP) is 3.56. The average molecular weight is 249 g/mol. The third-order valence-corrected chi connectivity index (χ3v) is 4.18. The molecule has 0 unspecified atom stereocenters. The summed E-state index contributed by atoms with van der Waals surface area (Å²) in [6.45, 7) is 2.00. The highest BCUT2D eigenvalue weighted by molar-refractivity contribution is 7.98. The minimum Gasteiger partial charge on any atom is -0.298 e. The van der Waals surface area contributed by atoms with E-state index in [1.165, 1.54) is 0 Å². The Bertz CT molecular complexity index is 493. The molecular formula is C12H11NOS2. The first-order chi connectivity index (χ1) is 7.78. The zero-order valence-corrected chi connectivity index (χ0v) is 10.5. The number of thioether (sulfide) groups is 1. The van der Waals surface area contributed by atoms with Crippen molar-refractivity contribution < 1.29 is 4.79 Å². The van der Waals surface area contributed by atoms with E-state index in [9.17, 15) is 4.79 Å². The lowest BCUT2D eigenvalue weighted by atomic mass is 10.2. The molecule has 1 aromatic heterocycles. The third kappa shape index (κ3) is 2.93. The molecule has 2 rings (SSSR count). The van der Waals surface area contributed by atoms with Crippen molar-refractivity contribution in [2.75, 3.05) is 0 Å². The van der Waals surface area contributed by atoms with Crippen molar-refractivity contribution in [3.05, 3.63) is 45.9 Å². The van der Waals surface area contributed by atoms with Crippen molar-refractivity contribution in [1.82, 2.24) is 4.98 Å². The van der Waals surface area contributed by atoms with Crippen LogP contribution in [0.1, 0.15) is 21.1 Å². The Hall–Kier alpha value is -1.13. The van der Waals surface area contributed by atoms with E-state index < -0.39 is 0 Å². The molecule has 4 heteroatoms. The molecule has 0 radical (unpaired) electrons. The fourth-order valence-corrected chi connectivity index (χ4v) is 3.05. The summed E-state index contributed by atoms with van der Waals surface area (Å²) < 4.78 is 0. The van der Waals surface area contributed by atoms with Gasteiger partial charge in [0.2, 0.25) is 0 Å². The van der Waals surface area contributed by atoms with Crippen LogP contribution in [0.4, 0.5) is 0 Å². The van der Waals surface area contributed by atoms with Crippen molar-refractivity contribution in [3.8, 4) is 0 Å². The number of carbonyl (C=O) groups is 1. The third-order valence-electron chi connectivity index (χ3n) is 2.02. The molecule has 1 aromatic carbocycles. The molecule has 0 saturated carbocycles. The van der Waals surface area contributed by atoms with Crippen molar-refractivity contribution in [2.24, 2.45) is 0 Å². The van der Waals surface area contributed by atoms with Gasteiger partial charge in [-0.05, 0) is 19.1 Å². The zero-order chi connectivity index (χ0) is 11.4. The fourth-order valence-electron chi connectivity index (χ4n) is 1.29. The molecule has 2 aromatic rings. The Labute approximate surface area is 103 Å². The number of hydrogen-bond acceptors (Lipinski definition) is 4. The number of aryl methyl sites for hydroxylation is 1. The van der Waals surface area contributed by atoms with E-state index in [2.05, 4.69) is 10.4 Å². The zero-order valence-electron chi connectivity index (χ0n) is 8.84. The van der Waals surface area contributed by atoms with Gasteiger partial charge in [-0.2, -0.15) is 0 Å². The second-order valence-electron chi connectivity index (χ2n) is 3.36. The van der Waals surface area contributed by atoms with Gasteiger partial charge < -0.3 is 0 Å². The number of hydrogen-bond donors (Lipinski definition) is 0. The second-order valence-corrected chi connectivity index (χ2v) is 5.35. The molecule has 0 amide bonds. The molecule has 1 heterocycles. The minimum atomic E-state index is 0.723. The van der Waals surface area contributed by atoms with Crippen LogP contribution in [0.3, 0.4) is 0 Å². The molecule has 82 valence electrons. The number of aldehydes is 1. The maximum absolute atomic E-state index is 10.6. The van der Waals surface area contributed by atoms with Crippen LogP contribution in [0, 0.1) is 6.92 Å². The number of rotatable bonds is 4. The van der Waals surface area contributed by atoms with Gasteiger partial charge >= 0.3 is 0 Å². The summed E-state index contributed by atoms with van der Waals surface area (Å²) in [5.41, 5.74) is 1.79. The molecule has 0 saturated heterocycles. The van der Waals surface area contributed by atoms with E-state index in [0.717, 1.165) is 33.2 Å². The van der Waals surface area contributed by atoms with E-state index in [1.54, 1.807) is 23.1 Å². The summed E-state index contributed by atoms with van der Waals surface area (Å²) in [6.07, 6.45) is 0.873. The molecule has 2 nitrogen and oxygen atoms in total. The average Bonchev–Trinajstić information content (AvgIpc) is 2.73. The molecule has 0 fully saturated rings. The molecule has 0 atom stereocenters. The van der Waals surface area contributed by atoms with Crippen LogP contribution < -0.4 is 0 Å². The van der Waals surface area contributed by atoms with E-state index in [4.69, 9.17) is 0 Å². The lowest BCUT2D eigenvalue weighted by Gasteiger charge is -1.99. The van der Waals surface area contributed by atoms with Gasteiger partial charge in [0.15, 0.2) is 0 Å². The van der Waals surface area contributed by atoms with Crippen LogP contribution in [0.15, 0.2) is 34.5 Å². The predicted molar refractivity (Wildman–Crippen MR) is 68.2 cm³/mol. The van der Waals surface area contributed by atoms with Gasteiger partial charge in [-0.25, -0.2) is 4.98 Å². The van der Waals surface area contributed by atoms with E-state index >= 15 is 0 Å². The van der Waals surface area contributed by atoms with Crippen LogP contribution in [0.25, 0.3) is 0 Å². The summed E-state index contributed by atoms with van der Waals surface area (Å²) in [5, 5.41) is 3.18. The van der Waals surface area contributed by atoms with Gasteiger partial charge in [0.05, 0.1) is 5.75 Å². The molecule has 0 aliphatic heterocycles. The first-order valence-electron chi connectivity index (χ1n) is 4.87. The van der Waals surface area contributed by atoms with Crippen LogP contribution in [-0.2, 0) is 5.75 Å². The SMILES string of the molecule is Cc1csc(CSc2cccc(C=O)c2)n1. The Morgan fingerprint density at radius 3 is 3.06 bits per heavy atom. The Kier molecular flexibility index (Phi) is 3.74. The smallest absolute Gasteiger partial charge is 0.150 e. The maximum atomic E-state index is 10.6. The summed E-state index contributed by atoms with van der Waals surface area (Å²) in [4.78, 5) is 16.1. The Morgan fingerprint density at radius 1 is 1.50 bits per heavy atom. The standard InChI is InChI=1S/C12H11NOS2/c1-9-7-16-12(13-9)8-15-11-4-2-3-10(5-11)6-14/h2-7H,8H2,1H3. The fraction of sp³-hybridized carbons (Fsp3) is 0.167. The molecule has 0 N–H and O–H groups in total. The van der Waals surface area contributed by atoms with Crippen molar-refractivity contribution >= 4 is 29.4 Å². The summed E-state index contributed by atoms with van der Waals surface area (Å²) in [7, 11) is 0. The highest BCUT2D eigenvalue weighted by Gasteiger charge is 2.01. The van der Waals surface area contributed by atoms with Gasteiger partial charge in [0.25, 0.3) is 0 Å². The van der Waals surface area contributed by atoms with Crippen molar-refractivity contribution in [3.63, 3.8) is 0 Å². The summed E-state index contributed by atoms with van der Waals surface area (Å²) >= 11 is 3.38. The van der Waals surface area contributed by atoms with Crippen molar-refractivity contribution in [1.29, 1.82) is 0 Å². The molecule has 16 heavy (non-hydrogen) atoms. The molecule has 0 bridgehead atoms. The van der Waals surface area contributed by atoms with Crippen LogP contribution >= 0.6 is 23.1 Å². The Morgan fingerprint density at radius 2 is 2.38 bits per heavy atom. The van der Waals surface area contributed by atoms with E-state index in [0.29, 0.717) is 0 Å². The van der Waals surface area contributed by atoms with Crippen molar-refractivity contribution in [2.45, 2.75) is 17.6 Å². The van der Waals surface area contributed by atoms with Crippen LogP contribution in [0.5, 0.6) is 0 Å². The summed E-state index contributed by atoms with van der Waals surface area (Å²) in [5.74, 6) is 0.862. The quantitative estimate of drug-likeness (QED) is 0.613. The monoisotopic (exact) mass is 249 g/mol. The van der Waals surface area contributed by atoms with Gasteiger partial charge in [-0.3, -0.25) is 4.79 Å². The lowest BCUT2D eigenvalue weighted by Crippen LogP contribution is -1.82. The van der Waals surface area contributed by atoms with Gasteiger partial charge in [0, 0.05) is 21.5 Å². The van der Waals surface area contributed by atoms with Crippen LogP contribution in [-0.4, -0.2) is 11.3 Å². The number of aromatic nitrogens is 1. The highest BCUT2D eigenvalue weighted by atomic mass is 32.2. The second kappa shape index (κ2) is 5.27. The molecular weight excluding hydrogens is 238 g/mol. The first-order valence-corrected chi connectivity index (χ1v) is 6.73. The van der Waals surface area contributed by atoms with E-state index in [-0.39, 0.29) is 0 Å². The topological polar surface area (TPSA) is 30.0 Å². The highest BCUT2D eigenvalue weighted by Crippen LogP contribution is 2.24. The van der Waals surface area contributed by atoms with Crippen LogP contribution in [0.2, 0.25) is 0 Å². The number of nitrogens with zero attached hydrogens (tertiary/aromatic N) is 1. The lowest BCUT2D eigenvalue weighted by molar-refractivity contribution is 0.112. The van der Waals surface area contributed by atoms with Gasteiger partial charge in [-0.1, -0.05) is 12.1 Å². The first kappa shape index (κ1) is 11.4. The Balaban J connectivity index is 2.01. The van der Waals surface area contributed by atoms with Gasteiger partial charge in [-0.15, -0.1) is 23.1 Å². The summed E-state index contributed by atoms with van der Waals surface area (Å²) in [6, 6.07) is 7.63. The molecule has 0 aliphatic rings. The number of thiazole rings is 1. The molecule has 0 spiro atoms. The normalized spacial score (nSPS) is 10.3. The van der Waals surface area contributed by atoms with Gasteiger partial charge in [0.1, 0.15) is 11.3 Å². The van der Waals surface area contributed by atoms with E-state index in [1.807, 2.05) is 31.2 Å². The maximum Gasteiger partial charge on any atom is 0.150 e. The minimum absolute atomic E-state index is 0.723. The number of benzene rings is 1. The largest absolute Gasteiger partial charge is 0.298 e. The molecule has 0 aliphatic carbocycles. The number of carbonyl (C=O) groups excluding carboxylic acids is 1.